The van der Waals surface area contributed by atoms with Gasteiger partial charge in [-0.3, -0.25) is 0 Å². The van der Waals surface area contributed by atoms with Crippen molar-refractivity contribution < 1.29 is 12.3 Å². The van der Waals surface area contributed by atoms with Crippen molar-refractivity contribution in [2.75, 3.05) is 0 Å². The van der Waals surface area contributed by atoms with E-state index in [1.807, 2.05) is 0 Å². The van der Waals surface area contributed by atoms with Gasteiger partial charge in [0, 0.05) is 0 Å². The molecule has 0 aliphatic rings. The third-order valence-electron chi connectivity index (χ3n) is 11.2. The van der Waals surface area contributed by atoms with Crippen molar-refractivity contribution >= 4 is 81.2 Å². The second-order valence-electron chi connectivity index (χ2n) is 14.9. The van der Waals surface area contributed by atoms with Crippen molar-refractivity contribution in [3.05, 3.63) is 273 Å². The zero-order chi connectivity index (χ0) is 41.2. The molecule has 3 nitrogen and oxygen atoms in total. The van der Waals surface area contributed by atoms with Gasteiger partial charge in [0.1, 0.15) is 0 Å². The molecular formula is C54H45O3Si4. The van der Waals surface area contributed by atoms with E-state index in [1.54, 1.807) is 0 Å². The van der Waals surface area contributed by atoms with E-state index in [1.165, 1.54) is 0 Å². The fourth-order valence-electron chi connectivity index (χ4n) is 8.33. The van der Waals surface area contributed by atoms with Gasteiger partial charge in [0.15, 0.2) is 0 Å². The van der Waals surface area contributed by atoms with Gasteiger partial charge in [0.25, 0.3) is 16.6 Å². The fraction of sp³-hybridized carbons (Fsp3) is 0. The summed E-state index contributed by atoms with van der Waals surface area (Å²) in [4.78, 5) is 0. The molecule has 0 saturated heterocycles. The highest BCUT2D eigenvalue weighted by molar-refractivity contribution is 7.15. The molecule has 0 aliphatic heterocycles. The lowest BCUT2D eigenvalue weighted by Crippen LogP contribution is -2.80. The van der Waals surface area contributed by atoms with E-state index >= 15 is 0 Å². The van der Waals surface area contributed by atoms with Gasteiger partial charge in [0.2, 0.25) is 0 Å². The molecule has 0 unspecified atom stereocenters. The number of hydrogen-bond acceptors (Lipinski definition) is 3. The smallest absolute Gasteiger partial charge is 0.404 e. The third kappa shape index (κ3) is 8.04. The van der Waals surface area contributed by atoms with Crippen LogP contribution in [0.1, 0.15) is 0 Å². The molecule has 0 heterocycles. The molecule has 0 amide bonds. The van der Waals surface area contributed by atoms with Gasteiger partial charge < -0.3 is 12.3 Å². The Morgan fingerprint density at radius 3 is 0.738 bits per heavy atom. The lowest BCUT2D eigenvalue weighted by molar-refractivity contribution is 0.378. The van der Waals surface area contributed by atoms with E-state index in [2.05, 4.69) is 273 Å². The van der Waals surface area contributed by atoms with Crippen LogP contribution in [-0.4, -0.2) is 34.5 Å². The first-order valence-corrected chi connectivity index (χ1v) is 27.6. The Kier molecular flexibility index (Phi) is 12.2. The third-order valence-corrected chi connectivity index (χ3v) is 27.3. The maximum atomic E-state index is 8.56. The van der Waals surface area contributed by atoms with E-state index in [0.717, 1.165) is 46.7 Å². The van der Waals surface area contributed by atoms with Gasteiger partial charge in [-0.05, 0) is 46.7 Å². The van der Waals surface area contributed by atoms with Crippen LogP contribution in [-0.2, 0) is 12.3 Å². The average Bonchev–Trinajstić information content (AvgIpc) is 3.36. The van der Waals surface area contributed by atoms with Crippen molar-refractivity contribution in [2.45, 2.75) is 0 Å². The zero-order valence-corrected chi connectivity index (χ0v) is 37.7. The van der Waals surface area contributed by atoms with Gasteiger partial charge in [0.05, 0.1) is 0 Å². The van der Waals surface area contributed by atoms with Crippen molar-refractivity contribution in [1.29, 1.82) is 0 Å². The first-order chi connectivity index (χ1) is 30.2. The summed E-state index contributed by atoms with van der Waals surface area (Å²) in [6, 6.07) is 96.7. The summed E-state index contributed by atoms with van der Waals surface area (Å²) < 4.78 is 25.1. The normalized spacial score (nSPS) is 12.0. The second-order valence-corrected chi connectivity index (χ2v) is 27.0. The Morgan fingerprint density at radius 2 is 0.459 bits per heavy atom. The van der Waals surface area contributed by atoms with Crippen LogP contribution in [0.5, 0.6) is 0 Å². The zero-order valence-electron chi connectivity index (χ0n) is 33.7. The molecule has 0 saturated carbocycles. The monoisotopic (exact) mass is 853 g/mol. The quantitative estimate of drug-likeness (QED) is 0.0934. The van der Waals surface area contributed by atoms with Gasteiger partial charge in [-0.2, -0.15) is 0 Å². The Morgan fingerprint density at radius 1 is 0.230 bits per heavy atom. The molecule has 0 fully saturated rings. The van der Waals surface area contributed by atoms with E-state index < -0.39 is 34.5 Å². The first kappa shape index (κ1) is 40.1. The molecule has 9 aromatic carbocycles. The molecule has 0 aromatic heterocycles. The molecule has 0 bridgehead atoms. The molecule has 0 N–H and O–H groups in total. The van der Waals surface area contributed by atoms with Crippen molar-refractivity contribution in [3.8, 4) is 0 Å². The summed E-state index contributed by atoms with van der Waals surface area (Å²) in [5.74, 6) is 0. The number of benzene rings is 9. The Labute approximate surface area is 364 Å². The van der Waals surface area contributed by atoms with Gasteiger partial charge in [-0.25, -0.2) is 0 Å². The Hall–Kier alpha value is -6.27. The highest BCUT2D eigenvalue weighted by atomic mass is 28.5. The molecule has 61 heavy (non-hydrogen) atoms. The first-order valence-electron chi connectivity index (χ1n) is 20.7. The average molecular weight is 854 g/mol. The Bertz CT molecular complexity index is 2470. The van der Waals surface area contributed by atoms with Crippen LogP contribution in [0, 0.1) is 0 Å². The van der Waals surface area contributed by atoms with Gasteiger partial charge in [-0.15, -0.1) is 0 Å². The number of hydrogen-bond donors (Lipinski definition) is 0. The number of rotatable bonds is 15. The molecule has 9 rings (SSSR count). The minimum atomic E-state index is -3.88. The predicted molar refractivity (Wildman–Crippen MR) is 261 cm³/mol. The summed E-state index contributed by atoms with van der Waals surface area (Å²) in [5, 5.41) is 9.85. The molecule has 0 atom stereocenters. The van der Waals surface area contributed by atoms with Crippen molar-refractivity contribution in [1.82, 2.24) is 0 Å². The van der Waals surface area contributed by atoms with Crippen LogP contribution in [0.3, 0.4) is 0 Å². The van der Waals surface area contributed by atoms with E-state index in [0.29, 0.717) is 0 Å². The molecule has 295 valence electrons. The molecule has 0 spiro atoms. The summed E-state index contributed by atoms with van der Waals surface area (Å²) in [6.07, 6.45) is 0. The second kappa shape index (κ2) is 18.6. The maximum absolute atomic E-state index is 8.56. The minimum Gasteiger partial charge on any atom is -0.421 e. The van der Waals surface area contributed by atoms with Crippen LogP contribution in [0.2, 0.25) is 0 Å². The van der Waals surface area contributed by atoms with Crippen LogP contribution in [0.15, 0.2) is 273 Å². The largest absolute Gasteiger partial charge is 0.421 e. The molecule has 1 radical (unpaired) electrons. The van der Waals surface area contributed by atoms with Crippen LogP contribution >= 0.6 is 0 Å². The topological polar surface area (TPSA) is 27.7 Å². The molecule has 9 aromatic rings. The minimum absolute atomic E-state index is 1.01. The van der Waals surface area contributed by atoms with E-state index in [4.69, 9.17) is 12.3 Å². The van der Waals surface area contributed by atoms with E-state index in [-0.39, 0.29) is 0 Å². The van der Waals surface area contributed by atoms with Crippen LogP contribution < -0.4 is 46.7 Å². The lowest BCUT2D eigenvalue weighted by Gasteiger charge is -2.45. The lowest BCUT2D eigenvalue weighted by atomic mass is 10.3. The van der Waals surface area contributed by atoms with Gasteiger partial charge >= 0.3 is 17.8 Å². The summed E-state index contributed by atoms with van der Waals surface area (Å²) in [5.41, 5.74) is 0. The molecule has 7 heteroatoms. The summed E-state index contributed by atoms with van der Waals surface area (Å²) in [6.45, 7) is 0. The van der Waals surface area contributed by atoms with Crippen LogP contribution in [0.4, 0.5) is 0 Å². The van der Waals surface area contributed by atoms with Gasteiger partial charge in [-0.1, -0.05) is 273 Å². The highest BCUT2D eigenvalue weighted by Gasteiger charge is 2.56. The summed E-state index contributed by atoms with van der Waals surface area (Å²) >= 11 is 0. The molecule has 0 aliphatic carbocycles. The SMILES string of the molecule is c1ccc([Si](O[Si](O[Si](c2ccccc2)(c2ccccc2)c2ccccc2)(c2ccccc2)c2ccccc2)O[Si](c2ccccc2)(c2ccccc2)c2ccccc2)cc1. The fourth-order valence-corrected chi connectivity index (χ4v) is 27.0. The molecular weight excluding hydrogens is 809 g/mol. The highest BCUT2D eigenvalue weighted by Crippen LogP contribution is 2.23. The van der Waals surface area contributed by atoms with Crippen molar-refractivity contribution in [3.63, 3.8) is 0 Å². The Balaban J connectivity index is 1.36. The van der Waals surface area contributed by atoms with Crippen LogP contribution in [0.25, 0.3) is 0 Å². The standard InChI is InChI=1S/C54H45O3Si4/c1-10-28-46(29-11-1)58(55-59(47-30-12-2-13-31-47,48-32-14-3-15-33-48)49-34-16-4-17-35-49)56-61(53-42-24-8-25-43-53,54-44-26-9-27-45-54)57-60(50-36-18-5-19-37-50,51-38-20-6-21-39-51)52-40-22-7-23-41-52/h1-45H. The van der Waals surface area contributed by atoms with E-state index in [9.17, 15) is 0 Å². The van der Waals surface area contributed by atoms with Crippen molar-refractivity contribution in [2.24, 2.45) is 0 Å². The predicted octanol–water partition coefficient (Wildman–Crippen LogP) is 6.02. The summed E-state index contributed by atoms with van der Waals surface area (Å²) in [7, 11) is -13.1. The maximum Gasteiger partial charge on any atom is 0.404 e.